The lowest BCUT2D eigenvalue weighted by molar-refractivity contribution is -0.126. The van der Waals surface area contributed by atoms with E-state index >= 15 is 0 Å². The third kappa shape index (κ3) is 3.59. The number of nitrogens with zero attached hydrogens (tertiary/aromatic N) is 4. The summed E-state index contributed by atoms with van der Waals surface area (Å²) in [4.78, 5) is 24.7. The number of carbonyl (C=O) groups is 2. The summed E-state index contributed by atoms with van der Waals surface area (Å²) in [5.74, 6) is -0.715. The van der Waals surface area contributed by atoms with Crippen LogP contribution in [0.15, 0.2) is 60.9 Å². The quantitative estimate of drug-likeness (QED) is 0.693. The first-order valence-corrected chi connectivity index (χ1v) is 7.98. The molecule has 0 atom stereocenters. The van der Waals surface area contributed by atoms with Crippen molar-refractivity contribution in [3.63, 3.8) is 0 Å². The Morgan fingerprint density at radius 3 is 2.27 bits per heavy atom. The third-order valence-electron chi connectivity index (χ3n) is 4.10. The SMILES string of the molecule is CC(C)(C(=O)NNC(=O)c1ccc(-n2cnnn2)cc1)c1ccccc1. The van der Waals surface area contributed by atoms with E-state index < -0.39 is 11.3 Å². The molecule has 0 aliphatic rings. The Labute approximate surface area is 150 Å². The first kappa shape index (κ1) is 17.3. The molecule has 0 saturated heterocycles. The first-order valence-electron chi connectivity index (χ1n) is 7.98. The highest BCUT2D eigenvalue weighted by Crippen LogP contribution is 2.22. The number of rotatable bonds is 4. The van der Waals surface area contributed by atoms with Crippen molar-refractivity contribution in [3.05, 3.63) is 72.1 Å². The smallest absolute Gasteiger partial charge is 0.269 e. The lowest BCUT2D eigenvalue weighted by atomic mass is 9.84. The molecule has 0 bridgehead atoms. The standard InChI is InChI=1S/C18H18N6O2/c1-18(2,14-6-4-3-5-7-14)17(26)21-20-16(25)13-8-10-15(11-9-13)24-12-19-22-23-24/h3-12H,1-2H3,(H,20,25)(H,21,26). The summed E-state index contributed by atoms with van der Waals surface area (Å²) in [6, 6.07) is 16.0. The summed E-state index contributed by atoms with van der Waals surface area (Å²) in [5, 5.41) is 10.9. The molecule has 0 spiro atoms. The number of amides is 2. The Morgan fingerprint density at radius 2 is 1.65 bits per heavy atom. The van der Waals surface area contributed by atoms with Crippen LogP contribution in [0.25, 0.3) is 5.69 Å². The maximum absolute atomic E-state index is 12.5. The van der Waals surface area contributed by atoms with E-state index in [1.807, 2.05) is 30.3 Å². The molecular weight excluding hydrogens is 332 g/mol. The fraction of sp³-hybridized carbons (Fsp3) is 0.167. The minimum Gasteiger partial charge on any atom is -0.272 e. The number of hydrogen-bond acceptors (Lipinski definition) is 5. The van der Waals surface area contributed by atoms with Crippen molar-refractivity contribution < 1.29 is 9.59 Å². The van der Waals surface area contributed by atoms with Gasteiger partial charge in [-0.25, -0.2) is 4.68 Å². The van der Waals surface area contributed by atoms with Crippen LogP contribution in [0.2, 0.25) is 0 Å². The molecule has 1 aromatic heterocycles. The molecule has 0 radical (unpaired) electrons. The van der Waals surface area contributed by atoms with Crippen molar-refractivity contribution in [1.29, 1.82) is 0 Å². The average molecular weight is 350 g/mol. The average Bonchev–Trinajstić information content (AvgIpc) is 3.21. The van der Waals surface area contributed by atoms with Crippen LogP contribution >= 0.6 is 0 Å². The van der Waals surface area contributed by atoms with Crippen LogP contribution in [-0.4, -0.2) is 32.0 Å². The lowest BCUT2D eigenvalue weighted by Crippen LogP contribution is -2.49. The van der Waals surface area contributed by atoms with Gasteiger partial charge >= 0.3 is 0 Å². The molecule has 0 unspecified atom stereocenters. The van der Waals surface area contributed by atoms with Crippen LogP contribution in [0.4, 0.5) is 0 Å². The van der Waals surface area contributed by atoms with Gasteiger partial charge < -0.3 is 0 Å². The van der Waals surface area contributed by atoms with Gasteiger partial charge in [-0.05, 0) is 54.1 Å². The fourth-order valence-corrected chi connectivity index (χ4v) is 2.37. The van der Waals surface area contributed by atoms with Gasteiger partial charge in [0, 0.05) is 5.56 Å². The Balaban J connectivity index is 1.62. The van der Waals surface area contributed by atoms with Crippen LogP contribution in [0.5, 0.6) is 0 Å². The largest absolute Gasteiger partial charge is 0.272 e. The number of hydrogen-bond donors (Lipinski definition) is 2. The van der Waals surface area contributed by atoms with Crippen molar-refractivity contribution in [2.24, 2.45) is 0 Å². The maximum atomic E-state index is 12.5. The van der Waals surface area contributed by atoms with Gasteiger partial charge in [0.25, 0.3) is 5.91 Å². The molecule has 2 amide bonds. The molecule has 26 heavy (non-hydrogen) atoms. The highest BCUT2D eigenvalue weighted by Gasteiger charge is 2.29. The zero-order valence-electron chi connectivity index (χ0n) is 14.4. The summed E-state index contributed by atoms with van der Waals surface area (Å²) in [6.45, 7) is 3.59. The molecular formula is C18H18N6O2. The predicted molar refractivity (Wildman–Crippen MR) is 94.2 cm³/mol. The number of aromatic nitrogens is 4. The molecule has 0 fully saturated rings. The second-order valence-electron chi connectivity index (χ2n) is 6.20. The van der Waals surface area contributed by atoms with Gasteiger partial charge in [-0.3, -0.25) is 20.4 Å². The van der Waals surface area contributed by atoms with E-state index in [2.05, 4.69) is 26.4 Å². The molecule has 0 aliphatic heterocycles. The van der Waals surface area contributed by atoms with E-state index in [-0.39, 0.29) is 5.91 Å². The highest BCUT2D eigenvalue weighted by molar-refractivity contribution is 5.96. The Kier molecular flexibility index (Phi) is 4.74. The minimum absolute atomic E-state index is 0.303. The van der Waals surface area contributed by atoms with Gasteiger partial charge in [0.15, 0.2) is 0 Å². The molecule has 3 rings (SSSR count). The molecule has 2 N–H and O–H groups in total. The number of tetrazole rings is 1. The Morgan fingerprint density at radius 1 is 0.962 bits per heavy atom. The van der Waals surface area contributed by atoms with Gasteiger partial charge in [-0.15, -0.1) is 5.10 Å². The summed E-state index contributed by atoms with van der Waals surface area (Å²) < 4.78 is 1.48. The normalized spacial score (nSPS) is 11.0. The monoisotopic (exact) mass is 350 g/mol. The van der Waals surface area contributed by atoms with Gasteiger partial charge in [0.1, 0.15) is 6.33 Å². The van der Waals surface area contributed by atoms with Crippen molar-refractivity contribution in [2.45, 2.75) is 19.3 Å². The van der Waals surface area contributed by atoms with E-state index in [1.165, 1.54) is 11.0 Å². The van der Waals surface area contributed by atoms with Gasteiger partial charge in [-0.2, -0.15) is 0 Å². The molecule has 132 valence electrons. The number of nitrogens with one attached hydrogen (secondary N) is 2. The Hall–Kier alpha value is -3.55. The molecule has 0 aliphatic carbocycles. The third-order valence-corrected chi connectivity index (χ3v) is 4.10. The number of benzene rings is 2. The van der Waals surface area contributed by atoms with Crippen molar-refractivity contribution in [1.82, 2.24) is 31.1 Å². The number of carbonyl (C=O) groups excluding carboxylic acids is 2. The highest BCUT2D eigenvalue weighted by atomic mass is 16.2. The van der Waals surface area contributed by atoms with Gasteiger partial charge in [0.2, 0.25) is 5.91 Å². The van der Waals surface area contributed by atoms with E-state index in [0.29, 0.717) is 5.56 Å². The van der Waals surface area contributed by atoms with Gasteiger partial charge in [-0.1, -0.05) is 30.3 Å². The summed E-state index contributed by atoms with van der Waals surface area (Å²) in [6.07, 6.45) is 1.46. The minimum atomic E-state index is -0.779. The van der Waals surface area contributed by atoms with Crippen molar-refractivity contribution in [2.75, 3.05) is 0 Å². The molecule has 2 aromatic carbocycles. The van der Waals surface area contributed by atoms with Crippen molar-refractivity contribution in [3.8, 4) is 5.69 Å². The van der Waals surface area contributed by atoms with E-state index in [1.54, 1.807) is 38.1 Å². The van der Waals surface area contributed by atoms with E-state index in [4.69, 9.17) is 0 Å². The zero-order valence-corrected chi connectivity index (χ0v) is 14.4. The first-order chi connectivity index (χ1) is 12.5. The summed E-state index contributed by atoms with van der Waals surface area (Å²) >= 11 is 0. The molecule has 8 nitrogen and oxygen atoms in total. The molecule has 8 heteroatoms. The maximum Gasteiger partial charge on any atom is 0.269 e. The van der Waals surface area contributed by atoms with Crippen LogP contribution in [0.1, 0.15) is 29.8 Å². The Bertz CT molecular complexity index is 889. The number of hydrazine groups is 1. The molecule has 3 aromatic rings. The second-order valence-corrected chi connectivity index (χ2v) is 6.20. The zero-order chi connectivity index (χ0) is 18.6. The van der Waals surface area contributed by atoms with Gasteiger partial charge in [0.05, 0.1) is 11.1 Å². The van der Waals surface area contributed by atoms with Crippen molar-refractivity contribution >= 4 is 11.8 Å². The van der Waals surface area contributed by atoms with E-state index in [0.717, 1.165) is 11.3 Å². The lowest BCUT2D eigenvalue weighted by Gasteiger charge is -2.24. The predicted octanol–water partition coefficient (Wildman–Crippen LogP) is 1.40. The molecule has 1 heterocycles. The van der Waals surface area contributed by atoms with Crippen LogP contribution in [0.3, 0.4) is 0 Å². The summed E-state index contributed by atoms with van der Waals surface area (Å²) in [5.41, 5.74) is 6.13. The summed E-state index contributed by atoms with van der Waals surface area (Å²) in [7, 11) is 0. The second kappa shape index (κ2) is 7.14. The van der Waals surface area contributed by atoms with E-state index in [9.17, 15) is 9.59 Å². The fourth-order valence-electron chi connectivity index (χ4n) is 2.37. The van der Waals surface area contributed by atoms with Crippen LogP contribution in [-0.2, 0) is 10.2 Å². The van der Waals surface area contributed by atoms with Crippen LogP contribution in [0, 0.1) is 0 Å². The van der Waals surface area contributed by atoms with Crippen LogP contribution < -0.4 is 10.9 Å². The topological polar surface area (TPSA) is 102 Å². The molecule has 0 saturated carbocycles.